The molecule has 4 rings (SSSR count). The molecule has 2 aromatic heterocycles. The van der Waals surface area contributed by atoms with Crippen molar-refractivity contribution in [3.63, 3.8) is 0 Å². The number of pyridine rings is 1. The highest BCUT2D eigenvalue weighted by atomic mass is 16.6. The summed E-state index contributed by atoms with van der Waals surface area (Å²) in [5, 5.41) is 17.7. The minimum atomic E-state index is -0.761. The van der Waals surface area contributed by atoms with Crippen LogP contribution < -0.4 is 4.74 Å². The summed E-state index contributed by atoms with van der Waals surface area (Å²) in [4.78, 5) is 30.3. The fourth-order valence-electron chi connectivity index (χ4n) is 4.83. The van der Waals surface area contributed by atoms with E-state index in [1.807, 2.05) is 13.0 Å². The van der Waals surface area contributed by atoms with Crippen LogP contribution in [0.3, 0.4) is 0 Å². The Hall–Kier alpha value is -3.17. The van der Waals surface area contributed by atoms with Crippen LogP contribution in [0.5, 0.6) is 5.75 Å². The third-order valence-corrected chi connectivity index (χ3v) is 7.56. The number of rotatable bonds is 8. The van der Waals surface area contributed by atoms with Crippen LogP contribution >= 0.6 is 0 Å². The summed E-state index contributed by atoms with van der Waals surface area (Å²) in [5.74, 6) is 0.0521. The second kappa shape index (κ2) is 10.6. The maximum atomic E-state index is 12.6. The lowest BCUT2D eigenvalue weighted by atomic mass is 9.80. The minimum absolute atomic E-state index is 0.0387. The number of aromatic nitrogens is 4. The van der Waals surface area contributed by atoms with Gasteiger partial charge in [-0.25, -0.2) is 14.5 Å². The van der Waals surface area contributed by atoms with Crippen LogP contribution in [-0.4, -0.2) is 61.2 Å². The number of ether oxygens (including phenoxy) is 2. The number of carbonyl (C=O) groups is 2. The number of hydrogen-bond acceptors (Lipinski definition) is 7. The maximum absolute atomic E-state index is 12.6. The molecule has 2 aliphatic carbocycles. The molecule has 2 aromatic rings. The van der Waals surface area contributed by atoms with Crippen molar-refractivity contribution in [2.45, 2.75) is 77.5 Å². The smallest absolute Gasteiger partial charge is 0.410 e. The fraction of sp³-hybridized carbons (Fsp3) is 0.640. The lowest BCUT2D eigenvalue weighted by Gasteiger charge is -2.36. The van der Waals surface area contributed by atoms with Gasteiger partial charge in [0.05, 0.1) is 23.4 Å². The van der Waals surface area contributed by atoms with Crippen molar-refractivity contribution < 1.29 is 24.2 Å². The third kappa shape index (κ3) is 5.57. The number of aliphatic carboxylic acids is 1. The largest absolute Gasteiger partial charge is 0.489 e. The van der Waals surface area contributed by atoms with Crippen molar-refractivity contribution in [3.05, 3.63) is 23.5 Å². The molecule has 1 amide bonds. The zero-order valence-electron chi connectivity index (χ0n) is 20.9. The molecule has 2 heterocycles. The first-order valence-electron chi connectivity index (χ1n) is 12.4. The van der Waals surface area contributed by atoms with Crippen LogP contribution in [0.2, 0.25) is 0 Å². The molecule has 0 aromatic carbocycles. The van der Waals surface area contributed by atoms with E-state index in [2.05, 4.69) is 22.2 Å². The van der Waals surface area contributed by atoms with Gasteiger partial charge in [-0.1, -0.05) is 11.6 Å². The number of nitrogens with zero attached hydrogens (tertiary/aromatic N) is 5. The highest BCUT2D eigenvalue weighted by molar-refractivity contribution is 5.70. The molecule has 0 spiro atoms. The van der Waals surface area contributed by atoms with Crippen LogP contribution in [0.4, 0.5) is 4.79 Å². The van der Waals surface area contributed by atoms with E-state index in [1.54, 1.807) is 29.7 Å². The molecule has 1 N–H and O–H groups in total. The molecule has 1 unspecified atom stereocenters. The van der Waals surface area contributed by atoms with Gasteiger partial charge < -0.3 is 19.5 Å². The molecule has 0 radical (unpaired) electrons. The Bertz CT molecular complexity index is 1070. The van der Waals surface area contributed by atoms with E-state index in [1.165, 1.54) is 6.42 Å². The molecule has 2 saturated carbocycles. The van der Waals surface area contributed by atoms with E-state index in [-0.39, 0.29) is 30.8 Å². The third-order valence-electron chi connectivity index (χ3n) is 7.56. The Balaban J connectivity index is 1.42. The van der Waals surface area contributed by atoms with Gasteiger partial charge in [0.15, 0.2) is 0 Å². The summed E-state index contributed by atoms with van der Waals surface area (Å²) in [5.41, 5.74) is 2.49. The van der Waals surface area contributed by atoms with Gasteiger partial charge in [-0.2, -0.15) is 0 Å². The standard InChI is InChI=1S/C25H35N5O5/c1-15-22(35-19-10-6-9-18(13-19)24(31)32)12-11-20(26-15)23-21(30(4)28-27-23)14-34-25(33)29(3)16(2)17-7-5-8-17/h11-12,16-19H,5-10,13-14H2,1-4H3,(H,31,32)/t16?,18-,19-/m0/s1. The van der Waals surface area contributed by atoms with Gasteiger partial charge in [0.1, 0.15) is 23.7 Å². The highest BCUT2D eigenvalue weighted by Gasteiger charge is 2.30. The molecule has 10 heteroatoms. The molecule has 35 heavy (non-hydrogen) atoms. The molecular weight excluding hydrogens is 450 g/mol. The molecule has 0 bridgehead atoms. The SMILES string of the molecule is Cc1nc(-c2nnn(C)c2COC(=O)N(C)C(C)C2CCC2)ccc1O[C@H]1CCC[C@H](C(=O)O)C1. The lowest BCUT2D eigenvalue weighted by Crippen LogP contribution is -2.42. The molecule has 0 aliphatic heterocycles. The van der Waals surface area contributed by atoms with Gasteiger partial charge in [-0.3, -0.25) is 4.79 Å². The molecule has 2 fully saturated rings. The Morgan fingerprint density at radius 3 is 2.63 bits per heavy atom. The second-order valence-electron chi connectivity index (χ2n) is 9.83. The number of carboxylic acids is 1. The van der Waals surface area contributed by atoms with Crippen LogP contribution in [0.25, 0.3) is 11.4 Å². The van der Waals surface area contributed by atoms with E-state index < -0.39 is 5.97 Å². The van der Waals surface area contributed by atoms with E-state index in [0.717, 1.165) is 25.7 Å². The number of amides is 1. The van der Waals surface area contributed by atoms with Gasteiger partial charge in [-0.05, 0) is 70.4 Å². The van der Waals surface area contributed by atoms with Crippen molar-refractivity contribution in [1.82, 2.24) is 24.9 Å². The van der Waals surface area contributed by atoms with Gasteiger partial charge in [0.25, 0.3) is 0 Å². The normalized spacial score (nSPS) is 21.1. The van der Waals surface area contributed by atoms with Gasteiger partial charge in [-0.15, -0.1) is 5.10 Å². The topological polar surface area (TPSA) is 120 Å². The Labute approximate surface area is 205 Å². The predicted molar refractivity (Wildman–Crippen MR) is 128 cm³/mol. The maximum Gasteiger partial charge on any atom is 0.410 e. The summed E-state index contributed by atoms with van der Waals surface area (Å²) < 4.78 is 13.3. The Morgan fingerprint density at radius 1 is 1.23 bits per heavy atom. The van der Waals surface area contributed by atoms with Crippen LogP contribution in [-0.2, 0) is 23.2 Å². The van der Waals surface area contributed by atoms with Crippen molar-refractivity contribution in [2.75, 3.05) is 7.05 Å². The Morgan fingerprint density at radius 2 is 1.97 bits per heavy atom. The van der Waals surface area contributed by atoms with Gasteiger partial charge in [0.2, 0.25) is 0 Å². The summed E-state index contributed by atoms with van der Waals surface area (Å²) >= 11 is 0. The number of aryl methyl sites for hydroxylation is 2. The molecule has 190 valence electrons. The average Bonchev–Trinajstić information content (AvgIpc) is 3.17. The summed E-state index contributed by atoms with van der Waals surface area (Å²) in [7, 11) is 3.54. The van der Waals surface area contributed by atoms with Crippen molar-refractivity contribution in [1.29, 1.82) is 0 Å². The molecule has 3 atom stereocenters. The van der Waals surface area contributed by atoms with Crippen LogP contribution in [0.15, 0.2) is 12.1 Å². The van der Waals surface area contributed by atoms with Crippen LogP contribution in [0.1, 0.15) is 63.3 Å². The summed E-state index contributed by atoms with van der Waals surface area (Å²) in [6.45, 7) is 3.95. The fourth-order valence-corrected chi connectivity index (χ4v) is 4.83. The van der Waals surface area contributed by atoms with Crippen LogP contribution in [0, 0.1) is 18.8 Å². The number of carbonyl (C=O) groups excluding carboxylic acids is 1. The average molecular weight is 486 g/mol. The van der Waals surface area contributed by atoms with Gasteiger partial charge >= 0.3 is 12.1 Å². The first-order valence-corrected chi connectivity index (χ1v) is 12.4. The zero-order valence-corrected chi connectivity index (χ0v) is 20.9. The Kier molecular flexibility index (Phi) is 7.57. The number of hydrogen-bond donors (Lipinski definition) is 1. The van der Waals surface area contributed by atoms with Crippen molar-refractivity contribution in [3.8, 4) is 17.1 Å². The predicted octanol–water partition coefficient (Wildman–Crippen LogP) is 3.96. The monoisotopic (exact) mass is 485 g/mol. The lowest BCUT2D eigenvalue weighted by molar-refractivity contribution is -0.143. The highest BCUT2D eigenvalue weighted by Crippen LogP contribution is 2.32. The number of carboxylic acid groups (broad SMARTS) is 1. The quantitative estimate of drug-likeness (QED) is 0.597. The van der Waals surface area contributed by atoms with E-state index >= 15 is 0 Å². The molecule has 2 aliphatic rings. The molecule has 0 saturated heterocycles. The summed E-state index contributed by atoms with van der Waals surface area (Å²) in [6.07, 6.45) is 5.90. The molecular formula is C25H35N5O5. The first-order chi connectivity index (χ1) is 16.7. The molecule has 10 nitrogen and oxygen atoms in total. The summed E-state index contributed by atoms with van der Waals surface area (Å²) in [6, 6.07) is 3.78. The van der Waals surface area contributed by atoms with Crippen molar-refractivity contribution >= 4 is 12.1 Å². The van der Waals surface area contributed by atoms with Gasteiger partial charge in [0, 0.05) is 20.1 Å². The zero-order chi connectivity index (χ0) is 25.1. The second-order valence-corrected chi connectivity index (χ2v) is 9.83. The minimum Gasteiger partial charge on any atom is -0.489 e. The van der Waals surface area contributed by atoms with Crippen molar-refractivity contribution in [2.24, 2.45) is 18.9 Å². The van der Waals surface area contributed by atoms with E-state index in [4.69, 9.17) is 9.47 Å². The van der Waals surface area contributed by atoms with E-state index in [9.17, 15) is 14.7 Å². The first kappa shape index (κ1) is 24.9. The van der Waals surface area contributed by atoms with E-state index in [0.29, 0.717) is 47.3 Å².